The molecule has 1 aliphatic heterocycles. The molecular weight excluding hydrogens is 168 g/mol. The van der Waals surface area contributed by atoms with Crippen molar-refractivity contribution < 1.29 is 9.59 Å². The quantitative estimate of drug-likeness (QED) is 0.634. The fraction of sp³-hybridized carbons (Fsp3) is 0.778. The van der Waals surface area contributed by atoms with Gasteiger partial charge in [0.05, 0.1) is 0 Å². The van der Waals surface area contributed by atoms with Crippen LogP contribution in [-0.2, 0) is 9.59 Å². The van der Waals surface area contributed by atoms with E-state index in [4.69, 9.17) is 5.73 Å². The summed E-state index contributed by atoms with van der Waals surface area (Å²) in [7, 11) is 0. The van der Waals surface area contributed by atoms with E-state index in [0.717, 1.165) is 6.42 Å². The minimum absolute atomic E-state index is 0.0615. The number of carbonyl (C=O) groups excluding carboxylic acids is 2. The first kappa shape index (κ1) is 10.2. The lowest BCUT2D eigenvalue weighted by molar-refractivity contribution is -0.149. The molecule has 0 aromatic heterocycles. The normalized spacial score (nSPS) is 19.7. The number of likely N-dealkylation sites (tertiary alicyclic amines) is 1. The number of piperidine rings is 1. The van der Waals surface area contributed by atoms with Gasteiger partial charge in [0.1, 0.15) is 0 Å². The molecule has 74 valence electrons. The first-order valence-corrected chi connectivity index (χ1v) is 4.72. The zero-order chi connectivity index (χ0) is 9.84. The second-order valence-corrected chi connectivity index (χ2v) is 3.41. The van der Waals surface area contributed by atoms with Gasteiger partial charge in [0.25, 0.3) is 0 Å². The van der Waals surface area contributed by atoms with Crippen LogP contribution in [0.1, 0.15) is 26.2 Å². The zero-order valence-corrected chi connectivity index (χ0v) is 7.95. The van der Waals surface area contributed by atoms with Crippen LogP contribution in [0.2, 0.25) is 0 Å². The SMILES string of the molecule is CCC1CC(=O)N(CCN)C(=O)C1. The molecule has 4 heteroatoms. The van der Waals surface area contributed by atoms with Crippen molar-refractivity contribution in [2.45, 2.75) is 26.2 Å². The predicted molar refractivity (Wildman–Crippen MR) is 48.8 cm³/mol. The molecule has 1 heterocycles. The summed E-state index contributed by atoms with van der Waals surface area (Å²) in [4.78, 5) is 24.1. The molecule has 13 heavy (non-hydrogen) atoms. The maximum atomic E-state index is 11.4. The highest BCUT2D eigenvalue weighted by Crippen LogP contribution is 2.21. The average molecular weight is 184 g/mol. The molecule has 0 aromatic rings. The Morgan fingerprint density at radius 2 is 1.92 bits per heavy atom. The summed E-state index contributed by atoms with van der Waals surface area (Å²) in [6.07, 6.45) is 1.90. The fourth-order valence-electron chi connectivity index (χ4n) is 1.59. The van der Waals surface area contributed by atoms with Crippen LogP contribution in [-0.4, -0.2) is 29.8 Å². The van der Waals surface area contributed by atoms with Crippen molar-refractivity contribution in [3.05, 3.63) is 0 Å². The molecule has 1 saturated heterocycles. The van der Waals surface area contributed by atoms with Gasteiger partial charge in [-0.3, -0.25) is 14.5 Å². The lowest BCUT2D eigenvalue weighted by atomic mass is 9.93. The fourth-order valence-corrected chi connectivity index (χ4v) is 1.59. The van der Waals surface area contributed by atoms with E-state index in [9.17, 15) is 9.59 Å². The smallest absolute Gasteiger partial charge is 0.229 e. The van der Waals surface area contributed by atoms with E-state index in [-0.39, 0.29) is 17.7 Å². The summed E-state index contributed by atoms with van der Waals surface area (Å²) in [5, 5.41) is 0. The highest BCUT2D eigenvalue weighted by atomic mass is 16.2. The van der Waals surface area contributed by atoms with Gasteiger partial charge in [-0.05, 0) is 5.92 Å². The van der Waals surface area contributed by atoms with Crippen LogP contribution in [0.3, 0.4) is 0 Å². The van der Waals surface area contributed by atoms with E-state index in [0.29, 0.717) is 25.9 Å². The summed E-state index contributed by atoms with van der Waals surface area (Å²) in [5.41, 5.74) is 5.30. The van der Waals surface area contributed by atoms with Crippen LogP contribution < -0.4 is 5.73 Å². The van der Waals surface area contributed by atoms with Crippen molar-refractivity contribution in [3.63, 3.8) is 0 Å². The van der Waals surface area contributed by atoms with Crippen molar-refractivity contribution in [2.24, 2.45) is 11.7 Å². The van der Waals surface area contributed by atoms with Gasteiger partial charge in [-0.2, -0.15) is 0 Å². The summed E-state index contributed by atoms with van der Waals surface area (Å²) in [5.74, 6) is 0.121. The largest absolute Gasteiger partial charge is 0.329 e. The number of carbonyl (C=O) groups is 2. The van der Waals surface area contributed by atoms with Gasteiger partial charge in [0, 0.05) is 25.9 Å². The predicted octanol–water partition coefficient (Wildman–Crippen LogP) is 0.120. The van der Waals surface area contributed by atoms with Crippen molar-refractivity contribution >= 4 is 11.8 Å². The van der Waals surface area contributed by atoms with Gasteiger partial charge >= 0.3 is 0 Å². The summed E-state index contributed by atoms with van der Waals surface area (Å²) < 4.78 is 0. The molecule has 2 amide bonds. The van der Waals surface area contributed by atoms with Crippen LogP contribution in [0.5, 0.6) is 0 Å². The Kier molecular flexibility index (Phi) is 3.42. The number of hydrogen-bond acceptors (Lipinski definition) is 3. The highest BCUT2D eigenvalue weighted by Gasteiger charge is 2.30. The van der Waals surface area contributed by atoms with Gasteiger partial charge in [-0.1, -0.05) is 13.3 Å². The summed E-state index contributed by atoms with van der Waals surface area (Å²) in [6, 6.07) is 0. The van der Waals surface area contributed by atoms with Crippen molar-refractivity contribution in [3.8, 4) is 0 Å². The Hall–Kier alpha value is -0.900. The van der Waals surface area contributed by atoms with Gasteiger partial charge in [-0.15, -0.1) is 0 Å². The lowest BCUT2D eigenvalue weighted by Gasteiger charge is -2.28. The molecule has 2 N–H and O–H groups in total. The third-order valence-corrected chi connectivity index (χ3v) is 2.46. The highest BCUT2D eigenvalue weighted by molar-refractivity contribution is 5.97. The van der Waals surface area contributed by atoms with Crippen molar-refractivity contribution in [1.82, 2.24) is 4.90 Å². The number of nitrogens with zero attached hydrogens (tertiary/aromatic N) is 1. The van der Waals surface area contributed by atoms with Crippen LogP contribution in [0.4, 0.5) is 0 Å². The van der Waals surface area contributed by atoms with Crippen LogP contribution in [0.25, 0.3) is 0 Å². The van der Waals surface area contributed by atoms with E-state index >= 15 is 0 Å². The Bertz CT molecular complexity index is 198. The minimum atomic E-state index is -0.0615. The van der Waals surface area contributed by atoms with Crippen molar-refractivity contribution in [2.75, 3.05) is 13.1 Å². The molecule has 0 aromatic carbocycles. The number of amides is 2. The molecule has 4 nitrogen and oxygen atoms in total. The number of rotatable bonds is 3. The zero-order valence-electron chi connectivity index (χ0n) is 7.95. The second kappa shape index (κ2) is 4.37. The van der Waals surface area contributed by atoms with Gasteiger partial charge in [0.2, 0.25) is 11.8 Å². The molecular formula is C9H16N2O2. The topological polar surface area (TPSA) is 63.4 Å². The molecule has 0 bridgehead atoms. The number of imide groups is 1. The van der Waals surface area contributed by atoms with Gasteiger partial charge in [0.15, 0.2) is 0 Å². The summed E-state index contributed by atoms with van der Waals surface area (Å²) >= 11 is 0. The van der Waals surface area contributed by atoms with E-state index < -0.39 is 0 Å². The minimum Gasteiger partial charge on any atom is -0.329 e. The molecule has 0 unspecified atom stereocenters. The first-order valence-electron chi connectivity index (χ1n) is 4.72. The van der Waals surface area contributed by atoms with E-state index in [1.54, 1.807) is 0 Å². The maximum absolute atomic E-state index is 11.4. The number of hydrogen-bond donors (Lipinski definition) is 1. The molecule has 1 rings (SSSR count). The third kappa shape index (κ3) is 2.28. The van der Waals surface area contributed by atoms with Crippen molar-refractivity contribution in [1.29, 1.82) is 0 Å². The van der Waals surface area contributed by atoms with Gasteiger partial charge < -0.3 is 5.73 Å². The Labute approximate surface area is 78.1 Å². The summed E-state index contributed by atoms with van der Waals surface area (Å²) in [6.45, 7) is 2.73. The van der Waals surface area contributed by atoms with Gasteiger partial charge in [-0.25, -0.2) is 0 Å². The van der Waals surface area contributed by atoms with Crippen LogP contribution in [0.15, 0.2) is 0 Å². The lowest BCUT2D eigenvalue weighted by Crippen LogP contribution is -2.45. The van der Waals surface area contributed by atoms with Crippen LogP contribution in [0, 0.1) is 5.92 Å². The van der Waals surface area contributed by atoms with E-state index in [1.807, 2.05) is 6.92 Å². The molecule has 1 fully saturated rings. The molecule has 0 radical (unpaired) electrons. The first-order chi connectivity index (χ1) is 6.19. The second-order valence-electron chi connectivity index (χ2n) is 3.41. The monoisotopic (exact) mass is 184 g/mol. The average Bonchev–Trinajstić information content (AvgIpc) is 2.11. The molecule has 1 aliphatic rings. The maximum Gasteiger partial charge on any atom is 0.229 e. The standard InChI is InChI=1S/C9H16N2O2/c1-2-7-5-8(12)11(4-3-10)9(13)6-7/h7H,2-6,10H2,1H3. The molecule has 0 spiro atoms. The molecule has 0 aliphatic carbocycles. The third-order valence-electron chi connectivity index (χ3n) is 2.46. The number of nitrogens with two attached hydrogens (primary N) is 1. The van der Waals surface area contributed by atoms with E-state index in [1.165, 1.54) is 4.90 Å². The Balaban J connectivity index is 2.59. The molecule has 0 atom stereocenters. The molecule has 0 saturated carbocycles. The van der Waals surface area contributed by atoms with E-state index in [2.05, 4.69) is 0 Å². The Morgan fingerprint density at radius 1 is 1.38 bits per heavy atom. The Morgan fingerprint density at radius 3 is 2.31 bits per heavy atom. The van der Waals surface area contributed by atoms with Crippen LogP contribution >= 0.6 is 0 Å².